The lowest BCUT2D eigenvalue weighted by atomic mass is 9.89. The molecule has 30 heavy (non-hydrogen) atoms. The number of sulfonamides is 1. The van der Waals surface area contributed by atoms with Gasteiger partial charge in [0.1, 0.15) is 5.75 Å². The van der Waals surface area contributed by atoms with Crippen LogP contribution in [0, 0.1) is 0 Å². The third-order valence-corrected chi connectivity index (χ3v) is 7.25. The minimum absolute atomic E-state index is 0.0672. The molecule has 8 heteroatoms. The van der Waals surface area contributed by atoms with Crippen LogP contribution >= 0.6 is 0 Å². The molecule has 0 aliphatic carbocycles. The Hall–Kier alpha value is -2.84. The monoisotopic (exact) mass is 427 g/mol. The van der Waals surface area contributed by atoms with Gasteiger partial charge in [-0.2, -0.15) is 0 Å². The molecule has 2 heterocycles. The lowest BCUT2D eigenvalue weighted by Crippen LogP contribution is -2.37. The van der Waals surface area contributed by atoms with E-state index in [9.17, 15) is 13.2 Å². The summed E-state index contributed by atoms with van der Waals surface area (Å²) in [5.41, 5.74) is 2.85. The Kier molecular flexibility index (Phi) is 5.53. The van der Waals surface area contributed by atoms with E-state index in [2.05, 4.69) is 22.0 Å². The maximum Gasteiger partial charge on any atom is 0.253 e. The van der Waals surface area contributed by atoms with Gasteiger partial charge in [-0.05, 0) is 73.8 Å². The Labute approximate surface area is 176 Å². The molecule has 2 N–H and O–H groups in total. The van der Waals surface area contributed by atoms with Crippen LogP contribution < -0.4 is 9.46 Å². The number of methoxy groups -OCH3 is 1. The minimum atomic E-state index is -3.51. The number of amides is 1. The van der Waals surface area contributed by atoms with Gasteiger partial charge in [0.25, 0.3) is 5.91 Å². The number of rotatable bonds is 5. The number of likely N-dealkylation sites (tertiary alicyclic amines) is 1. The van der Waals surface area contributed by atoms with Crippen molar-refractivity contribution in [3.8, 4) is 5.75 Å². The minimum Gasteiger partial charge on any atom is -0.497 e. The van der Waals surface area contributed by atoms with Gasteiger partial charge >= 0.3 is 0 Å². The summed E-state index contributed by atoms with van der Waals surface area (Å²) in [6.07, 6.45) is 3.82. The highest BCUT2D eigenvalue weighted by atomic mass is 32.2. The predicted molar refractivity (Wildman–Crippen MR) is 115 cm³/mol. The molecule has 0 spiro atoms. The van der Waals surface area contributed by atoms with Gasteiger partial charge in [0, 0.05) is 35.8 Å². The van der Waals surface area contributed by atoms with E-state index >= 15 is 0 Å². The zero-order chi connectivity index (χ0) is 21.3. The van der Waals surface area contributed by atoms with Crippen molar-refractivity contribution in [2.45, 2.75) is 23.7 Å². The molecule has 1 aromatic heterocycles. The summed E-state index contributed by atoms with van der Waals surface area (Å²) in [7, 11) is -0.479. The van der Waals surface area contributed by atoms with Crippen molar-refractivity contribution >= 4 is 26.8 Å². The number of hydrogen-bond acceptors (Lipinski definition) is 4. The van der Waals surface area contributed by atoms with Crippen LogP contribution in [-0.2, 0) is 10.0 Å². The van der Waals surface area contributed by atoms with Crippen molar-refractivity contribution in [1.82, 2.24) is 14.6 Å². The number of piperidine rings is 1. The van der Waals surface area contributed by atoms with Gasteiger partial charge in [-0.1, -0.05) is 0 Å². The maximum absolute atomic E-state index is 12.9. The highest BCUT2D eigenvalue weighted by molar-refractivity contribution is 7.89. The molecule has 3 aromatic rings. The Balaban J connectivity index is 1.45. The Morgan fingerprint density at radius 3 is 2.47 bits per heavy atom. The van der Waals surface area contributed by atoms with E-state index in [1.807, 2.05) is 17.0 Å². The molecule has 0 radical (unpaired) electrons. The van der Waals surface area contributed by atoms with Gasteiger partial charge in [-0.3, -0.25) is 4.79 Å². The lowest BCUT2D eigenvalue weighted by Gasteiger charge is -2.32. The number of fused-ring (bicyclic) bond motifs is 1. The molecule has 0 saturated carbocycles. The molecule has 2 aromatic carbocycles. The molecule has 0 atom stereocenters. The number of ether oxygens (including phenoxy) is 1. The Morgan fingerprint density at radius 1 is 1.13 bits per heavy atom. The molecule has 7 nitrogen and oxygen atoms in total. The van der Waals surface area contributed by atoms with Gasteiger partial charge < -0.3 is 14.6 Å². The van der Waals surface area contributed by atoms with Crippen molar-refractivity contribution in [3.05, 3.63) is 59.8 Å². The molecule has 0 bridgehead atoms. The molecule has 1 aliphatic heterocycles. The van der Waals surface area contributed by atoms with Crippen LogP contribution in [0.15, 0.2) is 53.6 Å². The molecule has 1 aliphatic rings. The SMILES string of the molecule is CNS(=O)(=O)c1ccc(C(=O)N2CCC(c3c[nH]c4ccc(OC)cc34)CC2)cc1. The lowest BCUT2D eigenvalue weighted by molar-refractivity contribution is 0.0713. The van der Waals surface area contributed by atoms with Crippen molar-refractivity contribution in [1.29, 1.82) is 0 Å². The van der Waals surface area contributed by atoms with Crippen molar-refractivity contribution < 1.29 is 17.9 Å². The number of H-pyrrole nitrogens is 1. The van der Waals surface area contributed by atoms with Gasteiger partial charge in [0.2, 0.25) is 10.0 Å². The van der Waals surface area contributed by atoms with Gasteiger partial charge in [0.15, 0.2) is 0 Å². The fourth-order valence-electron chi connectivity index (χ4n) is 4.06. The first-order valence-corrected chi connectivity index (χ1v) is 11.4. The van der Waals surface area contributed by atoms with E-state index < -0.39 is 10.0 Å². The molecular formula is C22H25N3O4S. The smallest absolute Gasteiger partial charge is 0.253 e. The van der Waals surface area contributed by atoms with Crippen molar-refractivity contribution in [2.24, 2.45) is 0 Å². The quantitative estimate of drug-likeness (QED) is 0.655. The molecule has 0 unspecified atom stereocenters. The average Bonchev–Trinajstić information content (AvgIpc) is 3.22. The normalized spacial score (nSPS) is 15.5. The standard InChI is InChI=1S/C22H25N3O4S/c1-23-30(27,28)18-6-3-16(4-7-18)22(26)25-11-9-15(10-12-25)20-14-24-21-8-5-17(29-2)13-19(20)21/h3-8,13-15,23-24H,9-12H2,1-2H3. The van der Waals surface area contributed by atoms with Crippen LogP contribution in [0.3, 0.4) is 0 Å². The number of nitrogens with zero attached hydrogens (tertiary/aromatic N) is 1. The largest absolute Gasteiger partial charge is 0.497 e. The zero-order valence-electron chi connectivity index (χ0n) is 17.0. The van der Waals surface area contributed by atoms with Gasteiger partial charge in [-0.25, -0.2) is 13.1 Å². The average molecular weight is 428 g/mol. The summed E-state index contributed by atoms with van der Waals surface area (Å²) in [6, 6.07) is 12.1. The van der Waals surface area contributed by atoms with Crippen LogP contribution in [0.5, 0.6) is 5.75 Å². The number of carbonyl (C=O) groups excluding carboxylic acids is 1. The molecule has 1 fully saturated rings. The highest BCUT2D eigenvalue weighted by Crippen LogP contribution is 2.35. The first-order valence-electron chi connectivity index (χ1n) is 9.91. The fourth-order valence-corrected chi connectivity index (χ4v) is 4.79. The molecule has 1 amide bonds. The second kappa shape index (κ2) is 8.12. The molecule has 158 valence electrons. The van der Waals surface area contributed by atoms with E-state index in [1.165, 1.54) is 30.1 Å². The number of hydrogen-bond donors (Lipinski definition) is 2. The second-order valence-corrected chi connectivity index (χ2v) is 9.34. The summed E-state index contributed by atoms with van der Waals surface area (Å²) in [5.74, 6) is 1.14. The predicted octanol–water partition coefficient (Wildman–Crippen LogP) is 3.10. The topological polar surface area (TPSA) is 91.5 Å². The number of aromatic amines is 1. The fraction of sp³-hybridized carbons (Fsp3) is 0.318. The number of benzene rings is 2. The van der Waals surface area contributed by atoms with Crippen molar-refractivity contribution in [3.63, 3.8) is 0 Å². The Morgan fingerprint density at radius 2 is 1.83 bits per heavy atom. The first kappa shape index (κ1) is 20.4. The molecule has 1 saturated heterocycles. The summed E-state index contributed by atoms with van der Waals surface area (Å²) in [4.78, 5) is 18.2. The summed E-state index contributed by atoms with van der Waals surface area (Å²) < 4.78 is 31.3. The molecular weight excluding hydrogens is 402 g/mol. The van der Waals surface area contributed by atoms with Crippen LogP contribution in [0.4, 0.5) is 0 Å². The van der Waals surface area contributed by atoms with Crippen LogP contribution in [0.1, 0.15) is 34.7 Å². The van der Waals surface area contributed by atoms with Gasteiger partial charge in [-0.15, -0.1) is 0 Å². The van der Waals surface area contributed by atoms with E-state index in [-0.39, 0.29) is 10.8 Å². The van der Waals surface area contributed by atoms with Crippen LogP contribution in [0.2, 0.25) is 0 Å². The van der Waals surface area contributed by atoms with E-state index in [0.29, 0.717) is 24.6 Å². The third-order valence-electron chi connectivity index (χ3n) is 5.82. The highest BCUT2D eigenvalue weighted by Gasteiger charge is 2.26. The van der Waals surface area contributed by atoms with E-state index in [4.69, 9.17) is 4.74 Å². The van der Waals surface area contributed by atoms with Crippen LogP contribution in [-0.4, -0.2) is 51.5 Å². The first-order chi connectivity index (χ1) is 14.4. The number of nitrogens with one attached hydrogen (secondary N) is 2. The van der Waals surface area contributed by atoms with Gasteiger partial charge in [0.05, 0.1) is 12.0 Å². The number of aromatic nitrogens is 1. The maximum atomic E-state index is 12.9. The number of carbonyl (C=O) groups is 1. The van der Waals surface area contributed by atoms with E-state index in [1.54, 1.807) is 19.2 Å². The molecule has 4 rings (SSSR count). The summed E-state index contributed by atoms with van der Waals surface area (Å²) >= 11 is 0. The zero-order valence-corrected chi connectivity index (χ0v) is 17.8. The van der Waals surface area contributed by atoms with Crippen LogP contribution in [0.25, 0.3) is 10.9 Å². The van der Waals surface area contributed by atoms with Crippen molar-refractivity contribution in [2.75, 3.05) is 27.2 Å². The Bertz CT molecular complexity index is 1160. The van der Waals surface area contributed by atoms with E-state index in [0.717, 1.165) is 24.1 Å². The summed E-state index contributed by atoms with van der Waals surface area (Å²) in [5, 5.41) is 1.17. The second-order valence-electron chi connectivity index (χ2n) is 7.45. The third kappa shape index (κ3) is 3.80. The summed E-state index contributed by atoms with van der Waals surface area (Å²) in [6.45, 7) is 1.33.